The van der Waals surface area contributed by atoms with Gasteiger partial charge in [0.25, 0.3) is 0 Å². The molecule has 1 unspecified atom stereocenters. The van der Waals surface area contributed by atoms with Crippen molar-refractivity contribution in [2.75, 3.05) is 26.1 Å². The number of anilines is 1. The number of benzene rings is 1. The molecule has 1 N–H and O–H groups in total. The predicted octanol–water partition coefficient (Wildman–Crippen LogP) is 1.49. The molecule has 1 atom stereocenters. The Bertz CT molecular complexity index is 671. The van der Waals surface area contributed by atoms with E-state index >= 15 is 0 Å². The summed E-state index contributed by atoms with van der Waals surface area (Å²) in [4.78, 5) is 14.0. The third kappa shape index (κ3) is 3.09. The molecule has 0 spiro atoms. The number of nitrogens with one attached hydrogen (secondary N) is 1. The Balaban J connectivity index is 2.25. The van der Waals surface area contributed by atoms with Crippen molar-refractivity contribution in [3.05, 3.63) is 42.0 Å². The molecule has 2 rings (SSSR count). The van der Waals surface area contributed by atoms with Crippen molar-refractivity contribution in [1.29, 1.82) is 0 Å². The van der Waals surface area contributed by atoms with Gasteiger partial charge in [-0.3, -0.25) is 9.48 Å². The molecule has 0 aliphatic rings. The average molecular weight is 306 g/mol. The van der Waals surface area contributed by atoms with Crippen LogP contribution < -0.4 is 15.0 Å². The number of halogens is 1. The predicted molar refractivity (Wildman–Crippen MR) is 81.4 cm³/mol. The number of likely N-dealkylation sites (N-methyl/N-ethyl adjacent to an activating group) is 2. The summed E-state index contributed by atoms with van der Waals surface area (Å²) in [7, 11) is 6.47. The van der Waals surface area contributed by atoms with Crippen LogP contribution in [-0.4, -0.2) is 36.9 Å². The van der Waals surface area contributed by atoms with Gasteiger partial charge < -0.3 is 15.0 Å². The van der Waals surface area contributed by atoms with Gasteiger partial charge in [-0.2, -0.15) is 5.10 Å². The fourth-order valence-electron chi connectivity index (χ4n) is 2.21. The summed E-state index contributed by atoms with van der Waals surface area (Å²) in [5.74, 6) is -0.580. The molecule has 1 aromatic heterocycles. The third-order valence-electron chi connectivity index (χ3n) is 3.45. The van der Waals surface area contributed by atoms with E-state index in [1.54, 1.807) is 44.3 Å². The maximum absolute atomic E-state index is 13.8. The maximum atomic E-state index is 13.8. The van der Waals surface area contributed by atoms with Gasteiger partial charge in [-0.1, -0.05) is 0 Å². The summed E-state index contributed by atoms with van der Waals surface area (Å²) in [5, 5.41) is 7.02. The van der Waals surface area contributed by atoms with Gasteiger partial charge in [-0.15, -0.1) is 0 Å². The van der Waals surface area contributed by atoms with Gasteiger partial charge in [0.2, 0.25) is 5.91 Å². The topological polar surface area (TPSA) is 59.4 Å². The number of methoxy groups -OCH3 is 1. The first-order valence-corrected chi connectivity index (χ1v) is 6.74. The molecule has 0 aliphatic carbocycles. The van der Waals surface area contributed by atoms with Gasteiger partial charge in [0.15, 0.2) is 11.6 Å². The lowest BCUT2D eigenvalue weighted by Crippen LogP contribution is -2.37. The Labute approximate surface area is 128 Å². The number of hydrogen-bond acceptors (Lipinski definition) is 4. The highest BCUT2D eigenvalue weighted by molar-refractivity contribution is 5.97. The van der Waals surface area contributed by atoms with E-state index in [1.807, 2.05) is 0 Å². The molecule has 22 heavy (non-hydrogen) atoms. The van der Waals surface area contributed by atoms with E-state index in [4.69, 9.17) is 4.74 Å². The lowest BCUT2D eigenvalue weighted by molar-refractivity contribution is -0.120. The summed E-state index contributed by atoms with van der Waals surface area (Å²) in [6, 6.07) is 3.85. The molecule has 1 heterocycles. The molecule has 2 aromatic rings. The second-order valence-corrected chi connectivity index (χ2v) is 4.89. The van der Waals surface area contributed by atoms with Gasteiger partial charge >= 0.3 is 0 Å². The zero-order valence-electron chi connectivity index (χ0n) is 13.0. The zero-order chi connectivity index (χ0) is 16.3. The standard InChI is InChI=1S/C15H19FN4O2/c1-17-14(10-8-18-19(2)9-10)15(21)20(3)11-5-6-13(22-4)12(16)7-11/h5-9,14,17H,1-4H3. The third-order valence-corrected chi connectivity index (χ3v) is 3.45. The van der Waals surface area contributed by atoms with Crippen molar-refractivity contribution in [3.63, 3.8) is 0 Å². The highest BCUT2D eigenvalue weighted by Gasteiger charge is 2.24. The van der Waals surface area contributed by atoms with Crippen LogP contribution in [0.3, 0.4) is 0 Å². The summed E-state index contributed by atoms with van der Waals surface area (Å²) in [5.41, 5.74) is 1.20. The number of rotatable bonds is 5. The summed E-state index contributed by atoms with van der Waals surface area (Å²) < 4.78 is 20.3. The lowest BCUT2D eigenvalue weighted by atomic mass is 10.1. The van der Waals surface area contributed by atoms with Crippen LogP contribution in [0.4, 0.5) is 10.1 Å². The van der Waals surface area contributed by atoms with Gasteiger partial charge in [0, 0.05) is 37.6 Å². The number of nitrogens with zero attached hydrogens (tertiary/aromatic N) is 3. The normalized spacial score (nSPS) is 12.0. The summed E-state index contributed by atoms with van der Waals surface area (Å²) in [6.07, 6.45) is 3.39. The van der Waals surface area contributed by atoms with Gasteiger partial charge in [-0.25, -0.2) is 4.39 Å². The van der Waals surface area contributed by atoms with Crippen molar-refractivity contribution < 1.29 is 13.9 Å². The van der Waals surface area contributed by atoms with Crippen molar-refractivity contribution in [2.24, 2.45) is 7.05 Å². The Kier molecular flexibility index (Phi) is 4.77. The first-order chi connectivity index (χ1) is 10.5. The van der Waals surface area contributed by atoms with Crippen molar-refractivity contribution in [2.45, 2.75) is 6.04 Å². The number of ether oxygens (including phenoxy) is 1. The van der Waals surface area contributed by atoms with Gasteiger partial charge in [0.1, 0.15) is 6.04 Å². The number of carbonyl (C=O) groups excluding carboxylic acids is 1. The molecule has 1 amide bonds. The van der Waals surface area contributed by atoms with E-state index in [9.17, 15) is 9.18 Å². The first-order valence-electron chi connectivity index (χ1n) is 6.74. The Morgan fingerprint density at radius 2 is 2.23 bits per heavy atom. The van der Waals surface area contributed by atoms with Crippen LogP contribution in [0.1, 0.15) is 11.6 Å². The molecule has 6 nitrogen and oxygen atoms in total. The number of carbonyl (C=O) groups is 1. The van der Waals surface area contributed by atoms with Crippen LogP contribution in [0.5, 0.6) is 5.75 Å². The summed E-state index contributed by atoms with van der Waals surface area (Å²) >= 11 is 0. The molecular weight excluding hydrogens is 287 g/mol. The van der Waals surface area contributed by atoms with Crippen molar-refractivity contribution in [3.8, 4) is 5.75 Å². The zero-order valence-corrected chi connectivity index (χ0v) is 13.0. The fraction of sp³-hybridized carbons (Fsp3) is 0.333. The van der Waals surface area contributed by atoms with Crippen LogP contribution in [0, 0.1) is 5.82 Å². The molecular formula is C15H19FN4O2. The molecule has 0 bridgehead atoms. The second-order valence-electron chi connectivity index (χ2n) is 4.89. The number of hydrogen-bond donors (Lipinski definition) is 1. The molecule has 0 saturated heterocycles. The maximum Gasteiger partial charge on any atom is 0.248 e. The first kappa shape index (κ1) is 16.0. The molecule has 0 aliphatic heterocycles. The molecule has 0 radical (unpaired) electrons. The van der Waals surface area contributed by atoms with Crippen LogP contribution in [-0.2, 0) is 11.8 Å². The van der Waals surface area contributed by atoms with E-state index in [-0.39, 0.29) is 11.7 Å². The highest BCUT2D eigenvalue weighted by atomic mass is 19.1. The molecule has 7 heteroatoms. The Morgan fingerprint density at radius 1 is 1.50 bits per heavy atom. The second kappa shape index (κ2) is 6.57. The lowest BCUT2D eigenvalue weighted by Gasteiger charge is -2.23. The van der Waals surface area contributed by atoms with Crippen molar-refractivity contribution >= 4 is 11.6 Å². The molecule has 118 valence electrons. The smallest absolute Gasteiger partial charge is 0.248 e. The minimum absolute atomic E-state index is 0.141. The summed E-state index contributed by atoms with van der Waals surface area (Å²) in [6.45, 7) is 0. The van der Waals surface area contributed by atoms with Gasteiger partial charge in [-0.05, 0) is 19.2 Å². The SMILES string of the molecule is CNC(C(=O)N(C)c1ccc(OC)c(F)c1)c1cnn(C)c1. The van der Waals surface area contributed by atoms with E-state index in [0.717, 1.165) is 5.56 Å². The minimum atomic E-state index is -0.552. The van der Waals surface area contributed by atoms with Crippen LogP contribution in [0.25, 0.3) is 0 Å². The van der Waals surface area contributed by atoms with Crippen molar-refractivity contribution in [1.82, 2.24) is 15.1 Å². The number of aromatic nitrogens is 2. The fourth-order valence-corrected chi connectivity index (χ4v) is 2.21. The Morgan fingerprint density at radius 3 is 2.73 bits per heavy atom. The largest absolute Gasteiger partial charge is 0.494 e. The van der Waals surface area contributed by atoms with E-state index in [2.05, 4.69) is 10.4 Å². The quantitative estimate of drug-likeness (QED) is 0.909. The average Bonchev–Trinajstić information content (AvgIpc) is 2.93. The molecule has 0 fully saturated rings. The molecule has 0 saturated carbocycles. The van der Waals surface area contributed by atoms with Gasteiger partial charge in [0.05, 0.1) is 13.3 Å². The van der Waals surface area contributed by atoms with Crippen LogP contribution in [0.2, 0.25) is 0 Å². The monoisotopic (exact) mass is 306 g/mol. The van der Waals surface area contributed by atoms with Crippen LogP contribution >= 0.6 is 0 Å². The van der Waals surface area contributed by atoms with E-state index in [1.165, 1.54) is 24.1 Å². The highest BCUT2D eigenvalue weighted by Crippen LogP contribution is 2.25. The number of aryl methyl sites for hydroxylation is 1. The minimum Gasteiger partial charge on any atom is -0.494 e. The van der Waals surface area contributed by atoms with E-state index < -0.39 is 11.9 Å². The number of amides is 1. The Hall–Kier alpha value is -2.41. The molecule has 1 aromatic carbocycles. The van der Waals surface area contributed by atoms with E-state index in [0.29, 0.717) is 5.69 Å². The van der Waals surface area contributed by atoms with Crippen LogP contribution in [0.15, 0.2) is 30.6 Å².